The quantitative estimate of drug-likeness (QED) is 0.213. The Morgan fingerprint density at radius 3 is 2.58 bits per heavy atom. The third-order valence-electron chi connectivity index (χ3n) is 5.92. The Morgan fingerprint density at radius 2 is 1.92 bits per heavy atom. The zero-order chi connectivity index (χ0) is 27.6. The Morgan fingerprint density at radius 1 is 1.18 bits per heavy atom. The zero-order valence-electron chi connectivity index (χ0n) is 21.3. The van der Waals surface area contributed by atoms with Crippen molar-refractivity contribution in [1.82, 2.24) is 10.1 Å². The number of benzene rings is 2. The maximum Gasteiger partial charge on any atom is 0.417 e. The normalized spacial score (nSPS) is 12.8. The number of rotatable bonds is 10. The maximum absolute atomic E-state index is 13.6. The summed E-state index contributed by atoms with van der Waals surface area (Å²) in [5.41, 5.74) is 1.90. The molecule has 0 bridgehead atoms. The largest absolute Gasteiger partial charge is 0.477 e. The standard InChI is InChI=1S/C27H27F3N2O5S/c1-5-35-26(25(33)34)36-20-13-21-17(12-15(20)4)19(32-37-21)10-11-22-23(14(2)3)31-24(38-22)16-8-6-7-9-18(16)27(28,29)30/h6-9,12-14,26H,5,10-11H2,1-4H3,(H,33,34). The van der Waals surface area contributed by atoms with Gasteiger partial charge >= 0.3 is 12.1 Å². The van der Waals surface area contributed by atoms with E-state index in [-0.39, 0.29) is 18.1 Å². The molecule has 4 rings (SSSR count). The van der Waals surface area contributed by atoms with Crippen LogP contribution in [0.3, 0.4) is 0 Å². The van der Waals surface area contributed by atoms with E-state index in [0.29, 0.717) is 40.4 Å². The molecular formula is C27H27F3N2O5S. The SMILES string of the molecule is CCOC(Oc1cc2onc(CCc3sc(-c4ccccc4C(F)(F)F)nc3C(C)C)c2cc1C)C(=O)O. The van der Waals surface area contributed by atoms with Crippen LogP contribution in [0.4, 0.5) is 13.2 Å². The van der Waals surface area contributed by atoms with Crippen molar-refractivity contribution in [3.63, 3.8) is 0 Å². The van der Waals surface area contributed by atoms with Gasteiger partial charge in [0.1, 0.15) is 10.8 Å². The number of carboxylic acid groups (broad SMARTS) is 1. The van der Waals surface area contributed by atoms with Crippen LogP contribution in [0.5, 0.6) is 5.75 Å². The molecule has 1 N–H and O–H groups in total. The molecule has 2 aromatic heterocycles. The molecule has 1 atom stereocenters. The molecule has 0 spiro atoms. The summed E-state index contributed by atoms with van der Waals surface area (Å²) in [7, 11) is 0. The summed E-state index contributed by atoms with van der Waals surface area (Å²) in [5.74, 6) is -0.914. The Balaban J connectivity index is 1.60. The summed E-state index contributed by atoms with van der Waals surface area (Å²) in [6.07, 6.45) is -4.93. The fraction of sp³-hybridized carbons (Fsp3) is 0.370. The highest BCUT2D eigenvalue weighted by Gasteiger charge is 2.34. The minimum Gasteiger partial charge on any atom is -0.477 e. The summed E-state index contributed by atoms with van der Waals surface area (Å²) >= 11 is 1.26. The lowest BCUT2D eigenvalue weighted by atomic mass is 10.0. The Kier molecular flexibility index (Phi) is 8.08. The minimum atomic E-state index is -4.48. The van der Waals surface area contributed by atoms with E-state index in [0.717, 1.165) is 22.0 Å². The number of carboxylic acids is 1. The lowest BCUT2D eigenvalue weighted by Gasteiger charge is -2.16. The number of hydrogen-bond acceptors (Lipinski definition) is 7. The van der Waals surface area contributed by atoms with Crippen molar-refractivity contribution >= 4 is 28.3 Å². The van der Waals surface area contributed by atoms with Gasteiger partial charge in [-0.15, -0.1) is 11.3 Å². The van der Waals surface area contributed by atoms with Gasteiger partial charge in [-0.05, 0) is 50.3 Å². The molecule has 1 unspecified atom stereocenters. The fourth-order valence-corrected chi connectivity index (χ4v) is 5.37. The molecule has 0 fully saturated rings. The van der Waals surface area contributed by atoms with Crippen molar-refractivity contribution in [2.45, 2.75) is 58.9 Å². The van der Waals surface area contributed by atoms with E-state index in [4.69, 9.17) is 14.0 Å². The lowest BCUT2D eigenvalue weighted by molar-refractivity contribution is -0.170. The van der Waals surface area contributed by atoms with E-state index >= 15 is 0 Å². The fourth-order valence-electron chi connectivity index (χ4n) is 4.11. The van der Waals surface area contributed by atoms with Gasteiger partial charge in [0.25, 0.3) is 6.29 Å². The van der Waals surface area contributed by atoms with Crippen LogP contribution < -0.4 is 4.74 Å². The number of halogens is 3. The van der Waals surface area contributed by atoms with Crippen LogP contribution in [-0.2, 0) is 28.5 Å². The minimum absolute atomic E-state index is 0.0246. The molecule has 0 saturated heterocycles. The van der Waals surface area contributed by atoms with Gasteiger partial charge in [-0.2, -0.15) is 13.2 Å². The Labute approximate surface area is 221 Å². The first-order chi connectivity index (χ1) is 18.0. The molecule has 0 aliphatic rings. The number of ether oxygens (including phenoxy) is 2. The van der Waals surface area contributed by atoms with Crippen LogP contribution in [0.15, 0.2) is 40.9 Å². The van der Waals surface area contributed by atoms with Crippen molar-refractivity contribution in [3.8, 4) is 16.3 Å². The highest BCUT2D eigenvalue weighted by molar-refractivity contribution is 7.15. The van der Waals surface area contributed by atoms with Gasteiger partial charge in [0.15, 0.2) is 5.58 Å². The molecule has 4 aromatic rings. The molecule has 2 aromatic carbocycles. The number of alkyl halides is 3. The summed E-state index contributed by atoms with van der Waals surface area (Å²) in [4.78, 5) is 16.9. The number of aryl methyl sites for hydroxylation is 3. The third kappa shape index (κ3) is 5.83. The van der Waals surface area contributed by atoms with E-state index in [2.05, 4.69) is 10.1 Å². The highest BCUT2D eigenvalue weighted by Crippen LogP contribution is 2.40. The number of aromatic nitrogens is 2. The van der Waals surface area contributed by atoms with Gasteiger partial charge in [0.2, 0.25) is 0 Å². The van der Waals surface area contributed by atoms with Crippen LogP contribution in [0.25, 0.3) is 21.5 Å². The molecule has 0 saturated carbocycles. The average Bonchev–Trinajstić information content (AvgIpc) is 3.46. The second-order valence-corrected chi connectivity index (χ2v) is 10.1. The molecular weight excluding hydrogens is 521 g/mol. The number of carbonyl (C=O) groups is 1. The topological polar surface area (TPSA) is 94.7 Å². The van der Waals surface area contributed by atoms with E-state index < -0.39 is 24.0 Å². The van der Waals surface area contributed by atoms with E-state index in [1.54, 1.807) is 26.0 Å². The highest BCUT2D eigenvalue weighted by atomic mass is 32.1. The predicted molar refractivity (Wildman–Crippen MR) is 136 cm³/mol. The van der Waals surface area contributed by atoms with E-state index in [1.807, 2.05) is 19.9 Å². The smallest absolute Gasteiger partial charge is 0.417 e. The number of thiazole rings is 1. The molecule has 0 amide bonds. The first-order valence-corrected chi connectivity index (χ1v) is 12.9. The van der Waals surface area contributed by atoms with Gasteiger partial charge in [-0.1, -0.05) is 37.2 Å². The third-order valence-corrected chi connectivity index (χ3v) is 7.09. The second-order valence-electron chi connectivity index (χ2n) is 9.01. The molecule has 202 valence electrons. The van der Waals surface area contributed by atoms with Gasteiger partial charge in [-0.25, -0.2) is 9.78 Å². The van der Waals surface area contributed by atoms with Crippen LogP contribution in [0.2, 0.25) is 0 Å². The zero-order valence-corrected chi connectivity index (χ0v) is 22.1. The van der Waals surface area contributed by atoms with Crippen molar-refractivity contribution in [2.75, 3.05) is 6.61 Å². The molecule has 0 radical (unpaired) electrons. The predicted octanol–water partition coefficient (Wildman–Crippen LogP) is 7.01. The van der Waals surface area contributed by atoms with Crippen LogP contribution in [-0.4, -0.2) is 34.1 Å². The first-order valence-electron chi connectivity index (χ1n) is 12.1. The van der Waals surface area contributed by atoms with Crippen molar-refractivity contribution in [1.29, 1.82) is 0 Å². The summed E-state index contributed by atoms with van der Waals surface area (Å²) < 4.78 is 56.9. The van der Waals surface area contributed by atoms with Gasteiger partial charge in [0, 0.05) is 28.5 Å². The van der Waals surface area contributed by atoms with Crippen molar-refractivity contribution in [3.05, 3.63) is 63.8 Å². The molecule has 0 aliphatic carbocycles. The van der Waals surface area contributed by atoms with Gasteiger partial charge in [0.05, 0.1) is 17.0 Å². The van der Waals surface area contributed by atoms with E-state index in [9.17, 15) is 23.1 Å². The number of fused-ring (bicyclic) bond motifs is 1. The van der Waals surface area contributed by atoms with Crippen LogP contribution in [0.1, 0.15) is 54.1 Å². The number of aliphatic carboxylic acids is 1. The first kappa shape index (κ1) is 27.6. The Bertz CT molecular complexity index is 1440. The maximum atomic E-state index is 13.6. The van der Waals surface area contributed by atoms with Gasteiger partial charge in [-0.3, -0.25) is 0 Å². The second kappa shape index (κ2) is 11.1. The lowest BCUT2D eigenvalue weighted by Crippen LogP contribution is -2.30. The summed E-state index contributed by atoms with van der Waals surface area (Å²) in [6, 6.07) is 8.85. The number of nitrogens with zero attached hydrogens (tertiary/aromatic N) is 2. The van der Waals surface area contributed by atoms with Crippen molar-refractivity contribution < 1.29 is 37.1 Å². The molecule has 0 aliphatic heterocycles. The van der Waals surface area contributed by atoms with E-state index in [1.165, 1.54) is 23.5 Å². The Hall–Kier alpha value is -3.44. The molecule has 2 heterocycles. The van der Waals surface area contributed by atoms with Crippen LogP contribution in [0, 0.1) is 6.92 Å². The summed E-state index contributed by atoms with van der Waals surface area (Å²) in [5, 5.41) is 14.6. The summed E-state index contributed by atoms with van der Waals surface area (Å²) in [6.45, 7) is 7.54. The van der Waals surface area contributed by atoms with Gasteiger partial charge < -0.3 is 19.1 Å². The molecule has 38 heavy (non-hydrogen) atoms. The monoisotopic (exact) mass is 548 g/mol. The number of hydrogen-bond donors (Lipinski definition) is 1. The van der Waals surface area contributed by atoms with Crippen molar-refractivity contribution in [2.24, 2.45) is 0 Å². The molecule has 11 heteroatoms. The average molecular weight is 549 g/mol. The molecule has 7 nitrogen and oxygen atoms in total. The van der Waals surface area contributed by atoms with Crippen LogP contribution >= 0.6 is 11.3 Å².